The van der Waals surface area contributed by atoms with Crippen LogP contribution in [0.4, 0.5) is 9.59 Å². The summed E-state index contributed by atoms with van der Waals surface area (Å²) >= 11 is 0. The van der Waals surface area contributed by atoms with E-state index in [1.54, 1.807) is 12.1 Å². The predicted molar refractivity (Wildman–Crippen MR) is 110 cm³/mol. The highest BCUT2D eigenvalue weighted by Gasteiger charge is 2.21. The molecular weight excluding hydrogens is 358 g/mol. The van der Waals surface area contributed by atoms with E-state index in [1.165, 1.54) is 0 Å². The average Bonchev–Trinajstić information content (AvgIpc) is 2.49. The number of alkyl carbamates (subject to hydrolysis) is 1. The van der Waals surface area contributed by atoms with E-state index < -0.39 is 23.4 Å². The SMILES string of the molecule is CN(CCC(Cc1ccccc1)NC(=O)OC(C)(C)C)NC(=O)OC(C)(C)C. The van der Waals surface area contributed by atoms with Crippen molar-refractivity contribution in [2.45, 2.75) is 71.6 Å². The fourth-order valence-electron chi connectivity index (χ4n) is 2.46. The first-order chi connectivity index (χ1) is 12.8. The zero-order valence-corrected chi connectivity index (χ0v) is 18.2. The molecule has 1 aromatic carbocycles. The molecule has 7 nitrogen and oxygen atoms in total. The highest BCUT2D eigenvalue weighted by atomic mass is 16.6. The number of benzene rings is 1. The van der Waals surface area contributed by atoms with Crippen molar-refractivity contribution in [2.75, 3.05) is 13.6 Å². The van der Waals surface area contributed by atoms with Crippen LogP contribution in [0.1, 0.15) is 53.5 Å². The number of nitrogens with one attached hydrogen (secondary N) is 2. The minimum absolute atomic E-state index is 0.139. The maximum absolute atomic E-state index is 12.2. The molecule has 0 radical (unpaired) electrons. The van der Waals surface area contributed by atoms with E-state index in [0.29, 0.717) is 19.4 Å². The third kappa shape index (κ3) is 11.4. The summed E-state index contributed by atoms with van der Waals surface area (Å²) in [7, 11) is 1.76. The third-order valence-corrected chi connectivity index (χ3v) is 3.54. The summed E-state index contributed by atoms with van der Waals surface area (Å²) in [5.41, 5.74) is 2.68. The molecule has 1 unspecified atom stereocenters. The number of amides is 2. The lowest BCUT2D eigenvalue weighted by Crippen LogP contribution is -2.46. The fourth-order valence-corrected chi connectivity index (χ4v) is 2.46. The van der Waals surface area contributed by atoms with E-state index in [9.17, 15) is 9.59 Å². The number of hydrogen-bond donors (Lipinski definition) is 2. The molecule has 0 aliphatic heterocycles. The minimum Gasteiger partial charge on any atom is -0.444 e. The van der Waals surface area contributed by atoms with Crippen molar-refractivity contribution in [1.82, 2.24) is 15.8 Å². The van der Waals surface area contributed by atoms with Gasteiger partial charge in [0.1, 0.15) is 11.2 Å². The van der Waals surface area contributed by atoms with E-state index in [-0.39, 0.29) is 6.04 Å². The maximum Gasteiger partial charge on any atom is 0.422 e. The first-order valence-corrected chi connectivity index (χ1v) is 9.58. The second-order valence-corrected chi connectivity index (χ2v) is 8.86. The predicted octanol–water partition coefficient (Wildman–Crippen LogP) is 3.88. The summed E-state index contributed by atoms with van der Waals surface area (Å²) in [5.74, 6) is 0. The van der Waals surface area contributed by atoms with Crippen molar-refractivity contribution in [3.63, 3.8) is 0 Å². The van der Waals surface area contributed by atoms with Gasteiger partial charge in [-0.25, -0.2) is 14.6 Å². The monoisotopic (exact) mass is 393 g/mol. The average molecular weight is 394 g/mol. The normalized spacial score (nSPS) is 13.0. The van der Waals surface area contributed by atoms with Crippen molar-refractivity contribution >= 4 is 12.2 Å². The van der Waals surface area contributed by atoms with Gasteiger partial charge in [0.15, 0.2) is 0 Å². The number of rotatable bonds is 7. The van der Waals surface area contributed by atoms with Gasteiger partial charge in [0, 0.05) is 19.6 Å². The Morgan fingerprint density at radius 1 is 0.964 bits per heavy atom. The fraction of sp³-hybridized carbons (Fsp3) is 0.619. The van der Waals surface area contributed by atoms with E-state index in [4.69, 9.17) is 9.47 Å². The molecule has 1 rings (SSSR count). The zero-order valence-electron chi connectivity index (χ0n) is 18.2. The summed E-state index contributed by atoms with van der Waals surface area (Å²) in [5, 5.41) is 4.59. The van der Waals surface area contributed by atoms with Crippen LogP contribution in [-0.2, 0) is 15.9 Å². The molecule has 0 spiro atoms. The topological polar surface area (TPSA) is 79.9 Å². The van der Waals surface area contributed by atoms with Gasteiger partial charge in [-0.2, -0.15) is 0 Å². The molecular formula is C21H35N3O4. The molecule has 0 bridgehead atoms. The van der Waals surface area contributed by atoms with Gasteiger partial charge in [-0.05, 0) is 59.9 Å². The highest BCUT2D eigenvalue weighted by molar-refractivity contribution is 5.68. The summed E-state index contributed by atoms with van der Waals surface area (Å²) in [4.78, 5) is 24.1. The lowest BCUT2D eigenvalue weighted by Gasteiger charge is -2.26. The molecule has 1 aromatic rings. The van der Waals surface area contributed by atoms with E-state index in [1.807, 2.05) is 71.9 Å². The van der Waals surface area contributed by atoms with Crippen molar-refractivity contribution in [3.8, 4) is 0 Å². The second-order valence-electron chi connectivity index (χ2n) is 8.86. The number of carbonyl (C=O) groups is 2. The van der Waals surface area contributed by atoms with Gasteiger partial charge in [0.2, 0.25) is 0 Å². The summed E-state index contributed by atoms with van der Waals surface area (Å²) in [6.07, 6.45) is 0.340. The largest absolute Gasteiger partial charge is 0.444 e. The number of carbonyl (C=O) groups excluding carboxylic acids is 2. The molecule has 0 aliphatic carbocycles. The van der Waals surface area contributed by atoms with Gasteiger partial charge in [-0.15, -0.1) is 0 Å². The summed E-state index contributed by atoms with van der Waals surface area (Å²) in [6.45, 7) is 11.5. The molecule has 0 aromatic heterocycles. The van der Waals surface area contributed by atoms with Gasteiger partial charge in [0.05, 0.1) is 0 Å². The lowest BCUT2D eigenvalue weighted by atomic mass is 10.0. The van der Waals surface area contributed by atoms with Crippen LogP contribution in [0.3, 0.4) is 0 Å². The van der Waals surface area contributed by atoms with Gasteiger partial charge < -0.3 is 14.8 Å². The van der Waals surface area contributed by atoms with Crippen LogP contribution >= 0.6 is 0 Å². The Kier molecular flexibility index (Phi) is 8.75. The van der Waals surface area contributed by atoms with E-state index in [0.717, 1.165) is 5.56 Å². The molecule has 7 heteroatoms. The van der Waals surface area contributed by atoms with Crippen molar-refractivity contribution < 1.29 is 19.1 Å². The Hall–Kier alpha value is -2.28. The Bertz CT molecular complexity index is 621. The molecule has 158 valence electrons. The smallest absolute Gasteiger partial charge is 0.422 e. The molecule has 0 fully saturated rings. The van der Waals surface area contributed by atoms with Crippen LogP contribution in [0.15, 0.2) is 30.3 Å². The molecule has 0 aliphatic rings. The van der Waals surface area contributed by atoms with Gasteiger partial charge in [-0.1, -0.05) is 30.3 Å². The standard InChI is InChI=1S/C21H35N3O4/c1-20(2,3)27-18(25)22-17(15-16-11-9-8-10-12-16)13-14-24(7)23-19(26)28-21(4,5)6/h8-12,17H,13-15H2,1-7H3,(H,22,25)(H,23,26). The Labute approximate surface area is 168 Å². The molecule has 2 amide bonds. The number of hydrogen-bond acceptors (Lipinski definition) is 5. The zero-order chi connectivity index (χ0) is 21.4. The highest BCUT2D eigenvalue weighted by Crippen LogP contribution is 2.11. The Balaban J connectivity index is 2.63. The van der Waals surface area contributed by atoms with Crippen molar-refractivity contribution in [2.24, 2.45) is 0 Å². The van der Waals surface area contributed by atoms with Crippen molar-refractivity contribution in [3.05, 3.63) is 35.9 Å². The Morgan fingerprint density at radius 2 is 1.50 bits per heavy atom. The van der Waals surface area contributed by atoms with Crippen LogP contribution in [0, 0.1) is 0 Å². The first kappa shape index (κ1) is 23.8. The van der Waals surface area contributed by atoms with Gasteiger partial charge in [0.25, 0.3) is 0 Å². The van der Waals surface area contributed by atoms with Crippen LogP contribution < -0.4 is 10.7 Å². The second kappa shape index (κ2) is 10.3. The number of ether oxygens (including phenoxy) is 2. The third-order valence-electron chi connectivity index (χ3n) is 3.54. The quantitative estimate of drug-likeness (QED) is 0.687. The van der Waals surface area contributed by atoms with Gasteiger partial charge in [-0.3, -0.25) is 5.43 Å². The number of nitrogens with zero attached hydrogens (tertiary/aromatic N) is 1. The van der Waals surface area contributed by atoms with Crippen LogP contribution in [0.5, 0.6) is 0 Å². The summed E-state index contributed by atoms with van der Waals surface area (Å²) in [6, 6.07) is 9.80. The molecule has 1 atom stereocenters. The minimum atomic E-state index is -0.559. The van der Waals surface area contributed by atoms with E-state index in [2.05, 4.69) is 10.7 Å². The molecule has 0 saturated heterocycles. The molecule has 2 N–H and O–H groups in total. The molecule has 28 heavy (non-hydrogen) atoms. The number of hydrazine groups is 1. The maximum atomic E-state index is 12.2. The first-order valence-electron chi connectivity index (χ1n) is 9.58. The van der Waals surface area contributed by atoms with Gasteiger partial charge >= 0.3 is 12.2 Å². The lowest BCUT2D eigenvalue weighted by molar-refractivity contribution is 0.0353. The van der Waals surface area contributed by atoms with Crippen LogP contribution in [0.2, 0.25) is 0 Å². The van der Waals surface area contributed by atoms with E-state index >= 15 is 0 Å². The Morgan fingerprint density at radius 3 is 2.04 bits per heavy atom. The van der Waals surface area contributed by atoms with Crippen molar-refractivity contribution in [1.29, 1.82) is 0 Å². The summed E-state index contributed by atoms with van der Waals surface area (Å²) < 4.78 is 10.6. The van der Waals surface area contributed by atoms with Crippen LogP contribution in [-0.4, -0.2) is 48.0 Å². The molecule has 0 heterocycles. The van der Waals surface area contributed by atoms with Crippen LogP contribution in [0.25, 0.3) is 0 Å². The molecule has 0 saturated carbocycles.